The van der Waals surface area contributed by atoms with Crippen molar-refractivity contribution in [1.29, 1.82) is 0 Å². The second kappa shape index (κ2) is 15.5. The highest BCUT2D eigenvalue weighted by molar-refractivity contribution is 6.30. The van der Waals surface area contributed by atoms with Crippen LogP contribution in [0.5, 0.6) is 11.5 Å². The third kappa shape index (κ3) is 7.96. The molecule has 3 aromatic carbocycles. The predicted octanol–water partition coefficient (Wildman–Crippen LogP) is 6.13. The van der Waals surface area contributed by atoms with Crippen LogP contribution in [-0.4, -0.2) is 61.3 Å². The smallest absolute Gasteiger partial charge is 0.303 e. The van der Waals surface area contributed by atoms with Gasteiger partial charge in [0.25, 0.3) is 5.91 Å². The van der Waals surface area contributed by atoms with E-state index >= 15 is 0 Å². The number of aliphatic hydroxyl groups excluding tert-OH is 1. The molecule has 2 unspecified atom stereocenters. The Kier molecular flexibility index (Phi) is 11.7. The number of carbonyl (C=O) groups is 3. The third-order valence-electron chi connectivity index (χ3n) is 8.88. The van der Waals surface area contributed by atoms with Gasteiger partial charge in [0.05, 0.1) is 26.5 Å². The van der Waals surface area contributed by atoms with Gasteiger partial charge in [0, 0.05) is 40.1 Å². The van der Waals surface area contributed by atoms with Gasteiger partial charge in [-0.3, -0.25) is 14.4 Å². The van der Waals surface area contributed by atoms with Crippen LogP contribution in [0.1, 0.15) is 66.8 Å². The number of halogens is 1. The number of carboxylic acid groups (broad SMARTS) is 1. The molecule has 1 aliphatic rings. The average Bonchev–Trinajstić information content (AvgIpc) is 3.18. The van der Waals surface area contributed by atoms with Gasteiger partial charge >= 0.3 is 5.97 Å². The van der Waals surface area contributed by atoms with Crippen LogP contribution < -0.4 is 14.4 Å². The van der Waals surface area contributed by atoms with Crippen molar-refractivity contribution in [2.45, 2.75) is 52.2 Å². The number of hydrogen-bond donors (Lipinski definition) is 2. The van der Waals surface area contributed by atoms with Crippen LogP contribution in [0, 0.1) is 23.2 Å². The first-order chi connectivity index (χ1) is 22.5. The summed E-state index contributed by atoms with van der Waals surface area (Å²) in [7, 11) is 3.03. The summed E-state index contributed by atoms with van der Waals surface area (Å²) in [5, 5.41) is 19.9. The molecule has 0 aromatic heterocycles. The van der Waals surface area contributed by atoms with Crippen molar-refractivity contribution < 1.29 is 38.8 Å². The van der Waals surface area contributed by atoms with Crippen LogP contribution in [0.15, 0.2) is 60.7 Å². The molecule has 4 atom stereocenters. The van der Waals surface area contributed by atoms with E-state index in [-0.39, 0.29) is 25.5 Å². The van der Waals surface area contributed by atoms with Gasteiger partial charge in [-0.15, -0.1) is 0 Å². The summed E-state index contributed by atoms with van der Waals surface area (Å²) in [6, 6.07) is 17.0. The maximum atomic E-state index is 14.4. The molecule has 0 fully saturated rings. The van der Waals surface area contributed by atoms with Crippen LogP contribution in [0.4, 0.5) is 5.69 Å². The average molecular weight is 662 g/mol. The molecule has 0 saturated carbocycles. The summed E-state index contributed by atoms with van der Waals surface area (Å²) >= 11 is 6.53. The van der Waals surface area contributed by atoms with Crippen LogP contribution in [0.25, 0.3) is 0 Å². The van der Waals surface area contributed by atoms with Crippen LogP contribution in [0.3, 0.4) is 0 Å². The van der Waals surface area contributed by atoms with Gasteiger partial charge in [-0.05, 0) is 48.1 Å². The second-order valence-electron chi connectivity index (χ2n) is 11.9. The number of methoxy groups -OCH3 is 2. The van der Waals surface area contributed by atoms with E-state index in [1.807, 2.05) is 20.8 Å². The van der Waals surface area contributed by atoms with E-state index in [0.717, 1.165) is 12.0 Å². The topological polar surface area (TPSA) is 123 Å². The number of fused-ring (bicyclic) bond motifs is 1. The maximum Gasteiger partial charge on any atom is 0.303 e. The lowest BCUT2D eigenvalue weighted by Gasteiger charge is -2.38. The largest absolute Gasteiger partial charge is 0.493 e. The fourth-order valence-corrected chi connectivity index (χ4v) is 5.80. The molecule has 10 heteroatoms. The molecule has 1 amide bonds. The van der Waals surface area contributed by atoms with Crippen LogP contribution >= 0.6 is 11.6 Å². The molecule has 4 rings (SSSR count). The Hall–Kier alpha value is -4.36. The van der Waals surface area contributed by atoms with Crippen molar-refractivity contribution >= 4 is 34.9 Å². The SMILES string of the molecule is CCC(C)C(C)(CO)CN1C(=O)[C@@H](C#CC(=O)c2ccc(CCC(=O)O)cc2)O[C@H](c2cccc(OC)c2OC)c2cc(Cl)ccc21. The number of aliphatic hydroxyl groups is 1. The van der Waals surface area contributed by atoms with Crippen LogP contribution in [0.2, 0.25) is 5.02 Å². The van der Waals surface area contributed by atoms with E-state index in [2.05, 4.69) is 11.8 Å². The van der Waals surface area contributed by atoms with Gasteiger partial charge in [0.15, 0.2) is 17.6 Å². The number of carbonyl (C=O) groups excluding carboxylic acids is 2. The first kappa shape index (κ1) is 35.5. The number of aryl methyl sites for hydroxylation is 1. The summed E-state index contributed by atoms with van der Waals surface area (Å²) < 4.78 is 17.8. The molecule has 1 heterocycles. The zero-order chi connectivity index (χ0) is 34.3. The van der Waals surface area contributed by atoms with Crippen molar-refractivity contribution in [2.24, 2.45) is 11.3 Å². The Balaban J connectivity index is 1.84. The van der Waals surface area contributed by atoms with E-state index in [4.69, 9.17) is 30.9 Å². The number of aliphatic carboxylic acids is 1. The lowest BCUT2D eigenvalue weighted by molar-refractivity contribution is -0.137. The molecule has 47 heavy (non-hydrogen) atoms. The molecule has 2 N–H and O–H groups in total. The number of para-hydroxylation sites is 1. The quantitative estimate of drug-likeness (QED) is 0.135. The molecule has 0 radical (unpaired) electrons. The van der Waals surface area contributed by atoms with Crippen molar-refractivity contribution in [1.82, 2.24) is 0 Å². The summed E-state index contributed by atoms with van der Waals surface area (Å²) in [6.45, 7) is 5.98. The van der Waals surface area contributed by atoms with Crippen molar-refractivity contribution in [3.8, 4) is 23.3 Å². The molecule has 1 aliphatic heterocycles. The Labute approximate surface area is 280 Å². The Morgan fingerprint density at radius 2 is 1.81 bits per heavy atom. The van der Waals surface area contributed by atoms with Gasteiger partial charge in [0.2, 0.25) is 5.78 Å². The maximum absolute atomic E-state index is 14.4. The van der Waals surface area contributed by atoms with Gasteiger partial charge in [0.1, 0.15) is 6.10 Å². The van der Waals surface area contributed by atoms with Gasteiger partial charge < -0.3 is 29.3 Å². The fraction of sp³-hybridized carbons (Fsp3) is 0.378. The lowest BCUT2D eigenvalue weighted by Crippen LogP contribution is -2.48. The second-order valence-corrected chi connectivity index (χ2v) is 12.4. The molecule has 9 nitrogen and oxygen atoms in total. The third-order valence-corrected chi connectivity index (χ3v) is 9.12. The van der Waals surface area contributed by atoms with E-state index in [1.165, 1.54) is 14.2 Å². The summed E-state index contributed by atoms with van der Waals surface area (Å²) in [5.41, 5.74) is 2.06. The van der Waals surface area contributed by atoms with E-state index < -0.39 is 35.3 Å². The number of nitrogens with zero attached hydrogens (tertiary/aromatic N) is 1. The van der Waals surface area contributed by atoms with Crippen molar-refractivity contribution in [3.63, 3.8) is 0 Å². The monoisotopic (exact) mass is 661 g/mol. The minimum absolute atomic E-state index is 0.0239. The Bertz CT molecular complexity index is 1680. The molecule has 0 saturated heterocycles. The number of ether oxygens (including phenoxy) is 3. The number of hydrogen-bond acceptors (Lipinski definition) is 7. The number of benzene rings is 3. The van der Waals surface area contributed by atoms with E-state index in [9.17, 15) is 19.5 Å². The normalized spacial score (nSPS) is 17.8. The molecule has 248 valence electrons. The molecular weight excluding hydrogens is 622 g/mol. The summed E-state index contributed by atoms with van der Waals surface area (Å²) in [5.74, 6) is 4.38. The van der Waals surface area contributed by atoms with Gasteiger partial charge in [-0.2, -0.15) is 0 Å². The molecular formula is C37H40ClNO8. The molecule has 0 aliphatic carbocycles. The number of rotatable bonds is 12. The highest BCUT2D eigenvalue weighted by Gasteiger charge is 2.41. The van der Waals surface area contributed by atoms with Gasteiger partial charge in [-0.1, -0.05) is 81.1 Å². The minimum Gasteiger partial charge on any atom is -0.493 e. The fourth-order valence-electron chi connectivity index (χ4n) is 5.62. The predicted molar refractivity (Wildman–Crippen MR) is 179 cm³/mol. The molecule has 3 aromatic rings. The Morgan fingerprint density at radius 3 is 2.43 bits per heavy atom. The number of Topliss-reactive ketones (excluding diaryl/α,β-unsaturated/α-hetero) is 1. The number of amides is 1. The number of anilines is 1. The lowest BCUT2D eigenvalue weighted by atomic mass is 9.76. The first-order valence-corrected chi connectivity index (χ1v) is 15.8. The highest BCUT2D eigenvalue weighted by Crippen LogP contribution is 2.45. The minimum atomic E-state index is -1.39. The highest BCUT2D eigenvalue weighted by atomic mass is 35.5. The van der Waals surface area contributed by atoms with Crippen LogP contribution in [-0.2, 0) is 20.7 Å². The first-order valence-electron chi connectivity index (χ1n) is 15.4. The zero-order valence-corrected chi connectivity index (χ0v) is 28.0. The van der Waals surface area contributed by atoms with E-state index in [0.29, 0.717) is 45.3 Å². The van der Waals surface area contributed by atoms with Crippen molar-refractivity contribution in [3.05, 3.63) is 87.9 Å². The standard InChI is InChI=1S/C37H40ClNO8/c1-6-23(2)37(3,22-40)21-39-29-16-15-26(38)20-28(29)34(27-8-7-9-31(45-4)35(27)46-5)47-32(36(39)44)18-17-30(41)25-13-10-24(11-14-25)12-19-33(42)43/h7-11,13-16,20,23,32,34,40H,6,12,19,21-22H2,1-5H3,(H,42,43)/t23?,32-,34-,37?/m1/s1. The number of carboxylic acids is 1. The summed E-state index contributed by atoms with van der Waals surface area (Å²) in [4.78, 5) is 40.1. The van der Waals surface area contributed by atoms with Gasteiger partial charge in [-0.25, -0.2) is 0 Å². The number of ketones is 1. The molecule has 0 bridgehead atoms. The van der Waals surface area contributed by atoms with Crippen molar-refractivity contribution in [2.75, 3.05) is 32.3 Å². The van der Waals surface area contributed by atoms with E-state index in [1.54, 1.807) is 65.6 Å². The summed E-state index contributed by atoms with van der Waals surface area (Å²) in [6.07, 6.45) is -1.21. The Morgan fingerprint density at radius 1 is 1.09 bits per heavy atom. The zero-order valence-electron chi connectivity index (χ0n) is 27.2. The molecule has 0 spiro atoms.